The molecule has 0 aromatic heterocycles. The van der Waals surface area contributed by atoms with Crippen molar-refractivity contribution >= 4 is 29.9 Å². The Kier molecular flexibility index (Phi) is 14.9. The largest absolute Gasteiger partial charge is 0.497 e. The van der Waals surface area contributed by atoms with Gasteiger partial charge in [-0.05, 0) is 73.4 Å². The highest BCUT2D eigenvalue weighted by molar-refractivity contribution is 6.06. The van der Waals surface area contributed by atoms with Gasteiger partial charge in [0.15, 0.2) is 0 Å². The molecule has 2 amide bonds. The van der Waals surface area contributed by atoms with Gasteiger partial charge in [0.2, 0.25) is 0 Å². The fraction of sp³-hybridized carbons (Fsp3) is 0.364. The Morgan fingerprint density at radius 3 is 2.29 bits per heavy atom. The number of hydrogen-bond donors (Lipinski definition) is 3. The summed E-state index contributed by atoms with van der Waals surface area (Å²) in [5.74, 6) is -1.71. The van der Waals surface area contributed by atoms with Crippen molar-refractivity contribution in [2.75, 3.05) is 34.4 Å². The van der Waals surface area contributed by atoms with Crippen LogP contribution in [0.5, 0.6) is 5.75 Å². The Hall–Kier alpha value is -4.06. The minimum absolute atomic E-state index is 0. The third-order valence-electron chi connectivity index (χ3n) is 6.97. The molecule has 0 aliphatic heterocycles. The molecule has 2 atom stereocenters. The molecule has 12 heteroatoms. The first kappa shape index (κ1) is 37.1. The molecule has 0 aliphatic carbocycles. The predicted molar refractivity (Wildman–Crippen MR) is 172 cm³/mol. The Labute approximate surface area is 269 Å². The van der Waals surface area contributed by atoms with Crippen molar-refractivity contribution in [2.45, 2.75) is 45.4 Å². The number of aliphatic hydroxyl groups excluding tert-OH is 1. The van der Waals surface area contributed by atoms with Gasteiger partial charge in [-0.25, -0.2) is 8.78 Å². The zero-order chi connectivity index (χ0) is 32.2. The van der Waals surface area contributed by atoms with Crippen LogP contribution in [0.3, 0.4) is 0 Å². The minimum Gasteiger partial charge on any atom is -0.497 e. The SMILES string of the molecule is CCCN(C)C(=O)c1cc(C(=O)N[C@@H](Cc2cc(F)cc(F)c2)[C@H](O)CNCc2cccc(OC)c2)cc(/C(C)=N/OC)c1.Cl. The van der Waals surface area contributed by atoms with Gasteiger partial charge >= 0.3 is 0 Å². The maximum Gasteiger partial charge on any atom is 0.253 e. The maximum atomic E-state index is 14.0. The van der Waals surface area contributed by atoms with E-state index in [1.54, 1.807) is 38.1 Å². The number of oxime groups is 1. The van der Waals surface area contributed by atoms with Crippen LogP contribution >= 0.6 is 12.4 Å². The molecule has 3 aromatic rings. The number of amides is 2. The highest BCUT2D eigenvalue weighted by Crippen LogP contribution is 2.17. The summed E-state index contributed by atoms with van der Waals surface area (Å²) in [4.78, 5) is 33.3. The van der Waals surface area contributed by atoms with Crippen molar-refractivity contribution in [1.29, 1.82) is 0 Å². The topological polar surface area (TPSA) is 112 Å². The van der Waals surface area contributed by atoms with E-state index >= 15 is 0 Å². The molecule has 0 aliphatic rings. The average molecular weight is 647 g/mol. The maximum absolute atomic E-state index is 14.0. The lowest BCUT2D eigenvalue weighted by molar-refractivity contribution is 0.0795. The molecular weight excluding hydrogens is 606 g/mol. The van der Waals surface area contributed by atoms with E-state index in [-0.39, 0.29) is 48.0 Å². The number of aliphatic hydroxyl groups is 1. The molecule has 0 spiro atoms. The van der Waals surface area contributed by atoms with E-state index < -0.39 is 29.7 Å². The Morgan fingerprint density at radius 1 is 0.978 bits per heavy atom. The van der Waals surface area contributed by atoms with Gasteiger partial charge in [-0.1, -0.05) is 24.2 Å². The molecule has 244 valence electrons. The van der Waals surface area contributed by atoms with Gasteiger partial charge in [-0.15, -0.1) is 12.4 Å². The number of hydrogen-bond acceptors (Lipinski definition) is 7. The lowest BCUT2D eigenvalue weighted by Gasteiger charge is -2.25. The second kappa shape index (κ2) is 18.0. The number of benzene rings is 3. The molecule has 45 heavy (non-hydrogen) atoms. The van der Waals surface area contributed by atoms with Gasteiger partial charge in [0.1, 0.15) is 24.5 Å². The number of carbonyl (C=O) groups excluding carboxylic acids is 2. The molecule has 3 aromatic carbocycles. The number of halogens is 3. The molecular formula is C33H41ClF2N4O5. The summed E-state index contributed by atoms with van der Waals surface area (Å²) in [6.45, 7) is 4.63. The Balaban J connectivity index is 0.00000705. The van der Waals surface area contributed by atoms with E-state index in [9.17, 15) is 23.5 Å². The third-order valence-corrected chi connectivity index (χ3v) is 6.97. The first-order valence-electron chi connectivity index (χ1n) is 14.3. The minimum atomic E-state index is -1.15. The first-order chi connectivity index (χ1) is 21.0. The molecule has 0 unspecified atom stereocenters. The van der Waals surface area contributed by atoms with Gasteiger partial charge in [0, 0.05) is 49.4 Å². The van der Waals surface area contributed by atoms with Crippen LogP contribution in [0.2, 0.25) is 0 Å². The molecule has 9 nitrogen and oxygen atoms in total. The summed E-state index contributed by atoms with van der Waals surface area (Å²) in [5.41, 5.74) is 2.54. The fourth-order valence-electron chi connectivity index (χ4n) is 4.74. The van der Waals surface area contributed by atoms with Crippen LogP contribution < -0.4 is 15.4 Å². The number of methoxy groups -OCH3 is 1. The normalized spacial score (nSPS) is 12.5. The highest BCUT2D eigenvalue weighted by atomic mass is 35.5. The van der Waals surface area contributed by atoms with E-state index in [1.165, 1.54) is 13.2 Å². The van der Waals surface area contributed by atoms with E-state index in [1.807, 2.05) is 31.2 Å². The Morgan fingerprint density at radius 2 is 1.64 bits per heavy atom. The molecule has 0 bridgehead atoms. The van der Waals surface area contributed by atoms with E-state index in [2.05, 4.69) is 15.8 Å². The van der Waals surface area contributed by atoms with Crippen molar-refractivity contribution in [1.82, 2.24) is 15.5 Å². The van der Waals surface area contributed by atoms with E-state index in [4.69, 9.17) is 9.57 Å². The standard InChI is InChI=1S/C33H40F2N4O5.ClH/c1-6-10-39(3)33(42)26-16-24(21(2)38-44-5)15-25(17-26)32(41)37-30(14-23-11-27(34)18-28(35)12-23)31(40)20-36-19-22-8-7-9-29(13-22)43-4;/h7-9,11-13,15-18,30-31,36,40H,6,10,14,19-20H2,1-5H3,(H,37,41);1H/b38-21+;/t30-,31+;/m0./s1. The summed E-state index contributed by atoms with van der Waals surface area (Å²) < 4.78 is 33.3. The predicted octanol–water partition coefficient (Wildman–Crippen LogP) is 4.74. The van der Waals surface area contributed by atoms with Gasteiger partial charge in [-0.2, -0.15) is 0 Å². The lowest BCUT2D eigenvalue weighted by Crippen LogP contribution is -2.48. The smallest absolute Gasteiger partial charge is 0.253 e. The number of rotatable bonds is 15. The molecule has 0 saturated heterocycles. The van der Waals surface area contributed by atoms with Crippen LogP contribution in [0.15, 0.2) is 65.8 Å². The number of ether oxygens (including phenoxy) is 1. The van der Waals surface area contributed by atoms with Crippen LogP contribution in [0, 0.1) is 11.6 Å². The van der Waals surface area contributed by atoms with Crippen LogP contribution in [0.25, 0.3) is 0 Å². The van der Waals surface area contributed by atoms with E-state index in [0.29, 0.717) is 30.1 Å². The molecule has 0 fully saturated rings. The van der Waals surface area contributed by atoms with Crippen LogP contribution in [-0.2, 0) is 17.8 Å². The zero-order valence-electron chi connectivity index (χ0n) is 26.1. The van der Waals surface area contributed by atoms with Crippen molar-refractivity contribution < 1.29 is 33.1 Å². The summed E-state index contributed by atoms with van der Waals surface area (Å²) in [5, 5.41) is 21.1. The zero-order valence-corrected chi connectivity index (χ0v) is 26.9. The summed E-state index contributed by atoms with van der Waals surface area (Å²) >= 11 is 0. The van der Waals surface area contributed by atoms with Crippen molar-refractivity contribution in [3.63, 3.8) is 0 Å². The van der Waals surface area contributed by atoms with Crippen molar-refractivity contribution in [2.24, 2.45) is 5.16 Å². The third kappa shape index (κ3) is 11.1. The van der Waals surface area contributed by atoms with Crippen LogP contribution in [0.1, 0.15) is 57.7 Å². The van der Waals surface area contributed by atoms with Gasteiger partial charge in [0.25, 0.3) is 11.8 Å². The number of carbonyl (C=O) groups is 2. The fourth-order valence-corrected chi connectivity index (χ4v) is 4.74. The molecule has 0 radical (unpaired) electrons. The van der Waals surface area contributed by atoms with E-state index in [0.717, 1.165) is 30.2 Å². The van der Waals surface area contributed by atoms with Crippen molar-refractivity contribution in [3.05, 3.63) is 100 Å². The molecule has 0 saturated carbocycles. The number of nitrogens with zero attached hydrogens (tertiary/aromatic N) is 2. The highest BCUT2D eigenvalue weighted by Gasteiger charge is 2.24. The second-order valence-electron chi connectivity index (χ2n) is 10.5. The molecule has 3 N–H and O–H groups in total. The number of nitrogens with one attached hydrogen (secondary N) is 2. The molecule has 0 heterocycles. The van der Waals surface area contributed by atoms with Crippen molar-refractivity contribution in [3.8, 4) is 5.75 Å². The summed E-state index contributed by atoms with van der Waals surface area (Å²) in [6.07, 6.45) is -0.448. The average Bonchev–Trinajstić information content (AvgIpc) is 2.99. The monoisotopic (exact) mass is 646 g/mol. The summed E-state index contributed by atoms with van der Waals surface area (Å²) in [7, 11) is 4.64. The van der Waals surface area contributed by atoms with Gasteiger partial charge in [-0.3, -0.25) is 9.59 Å². The van der Waals surface area contributed by atoms with Gasteiger partial charge in [0.05, 0.1) is 25.0 Å². The van der Waals surface area contributed by atoms with Crippen LogP contribution in [-0.4, -0.2) is 74.0 Å². The summed E-state index contributed by atoms with van der Waals surface area (Å²) in [6, 6.07) is 14.2. The second-order valence-corrected chi connectivity index (χ2v) is 10.5. The molecule has 3 rings (SSSR count). The van der Waals surface area contributed by atoms with Gasteiger partial charge < -0.3 is 30.2 Å². The quantitative estimate of drug-likeness (QED) is 0.163. The van der Waals surface area contributed by atoms with Crippen LogP contribution in [0.4, 0.5) is 8.78 Å². The lowest BCUT2D eigenvalue weighted by atomic mass is 9.98. The Bertz CT molecular complexity index is 1450. The first-order valence-corrected chi connectivity index (χ1v) is 14.3.